The van der Waals surface area contributed by atoms with Gasteiger partial charge in [-0.25, -0.2) is 4.79 Å². The van der Waals surface area contributed by atoms with Crippen LogP contribution in [0.5, 0.6) is 0 Å². The van der Waals surface area contributed by atoms with Crippen molar-refractivity contribution in [3.63, 3.8) is 0 Å². The molecule has 2 aliphatic carbocycles. The van der Waals surface area contributed by atoms with Gasteiger partial charge in [0.25, 0.3) is 0 Å². The van der Waals surface area contributed by atoms with Crippen molar-refractivity contribution in [2.45, 2.75) is 69.9 Å². The molecule has 0 aliphatic heterocycles. The maximum Gasteiger partial charge on any atom is 0.405 e. The highest BCUT2D eigenvalue weighted by Gasteiger charge is 2.33. The summed E-state index contributed by atoms with van der Waals surface area (Å²) < 4.78 is 0. The van der Waals surface area contributed by atoms with Crippen LogP contribution in [0.15, 0.2) is 5.16 Å². The van der Waals surface area contributed by atoms with Gasteiger partial charge in [-0.2, -0.15) is 0 Å². The molecule has 0 aromatic rings. The third-order valence-electron chi connectivity index (χ3n) is 3.96. The number of oxime groups is 1. The average molecular weight is 254 g/mol. The first-order valence-corrected chi connectivity index (χ1v) is 6.80. The van der Waals surface area contributed by atoms with E-state index in [1.54, 1.807) is 0 Å². The second-order valence-corrected chi connectivity index (χ2v) is 5.66. The fourth-order valence-electron chi connectivity index (χ4n) is 2.74. The van der Waals surface area contributed by atoms with Gasteiger partial charge in [0.1, 0.15) is 6.10 Å². The number of hydrogen-bond donors (Lipinski definition) is 2. The van der Waals surface area contributed by atoms with Crippen molar-refractivity contribution in [1.82, 2.24) is 5.32 Å². The highest BCUT2D eigenvalue weighted by atomic mass is 16.6. The number of nitrogens with zero attached hydrogens (tertiary/aromatic N) is 1. The maximum atomic E-state index is 10.7. The Bertz CT molecular complexity index is 325. The Morgan fingerprint density at radius 1 is 1.39 bits per heavy atom. The lowest BCUT2D eigenvalue weighted by Gasteiger charge is -2.36. The van der Waals surface area contributed by atoms with Crippen LogP contribution in [0.4, 0.5) is 4.79 Å². The summed E-state index contributed by atoms with van der Waals surface area (Å²) in [5.41, 5.74) is 0.888. The number of amides is 1. The predicted molar refractivity (Wildman–Crippen MR) is 68.8 cm³/mol. The average Bonchev–Trinajstić information content (AvgIpc) is 2.80. The van der Waals surface area contributed by atoms with E-state index >= 15 is 0 Å². The second-order valence-electron chi connectivity index (χ2n) is 5.66. The van der Waals surface area contributed by atoms with Crippen molar-refractivity contribution in [3.05, 3.63) is 0 Å². The van der Waals surface area contributed by atoms with E-state index in [0.717, 1.165) is 38.5 Å². The summed E-state index contributed by atoms with van der Waals surface area (Å²) in [6, 6.07) is 0. The van der Waals surface area contributed by atoms with E-state index in [-0.39, 0.29) is 11.6 Å². The molecular formula is C13H22N2O3. The normalized spacial score (nSPS) is 32.1. The lowest BCUT2D eigenvalue weighted by molar-refractivity contribution is 0.0138. The van der Waals surface area contributed by atoms with Gasteiger partial charge in [-0.15, -0.1) is 0 Å². The molecule has 0 unspecified atom stereocenters. The summed E-state index contributed by atoms with van der Waals surface area (Å²) in [7, 11) is 0. The Morgan fingerprint density at radius 2 is 2.00 bits per heavy atom. The Morgan fingerprint density at radius 3 is 2.56 bits per heavy atom. The van der Waals surface area contributed by atoms with Crippen molar-refractivity contribution < 1.29 is 14.7 Å². The monoisotopic (exact) mass is 254 g/mol. The third-order valence-corrected chi connectivity index (χ3v) is 3.96. The number of rotatable bonds is 3. The molecule has 2 aliphatic rings. The molecule has 2 N–H and O–H groups in total. The zero-order valence-electron chi connectivity index (χ0n) is 10.9. The summed E-state index contributed by atoms with van der Waals surface area (Å²) >= 11 is 0. The smallest absolute Gasteiger partial charge is 0.405 e. The number of nitrogens with one attached hydrogen (secondary N) is 1. The largest absolute Gasteiger partial charge is 0.465 e. The van der Waals surface area contributed by atoms with E-state index in [4.69, 9.17) is 9.94 Å². The van der Waals surface area contributed by atoms with E-state index in [1.807, 2.05) is 6.92 Å². The van der Waals surface area contributed by atoms with Crippen LogP contribution in [0.25, 0.3) is 0 Å². The molecule has 0 aromatic heterocycles. The van der Waals surface area contributed by atoms with Gasteiger partial charge < -0.3 is 15.3 Å². The summed E-state index contributed by atoms with van der Waals surface area (Å²) in [4.78, 5) is 16.3. The van der Waals surface area contributed by atoms with Gasteiger partial charge >= 0.3 is 6.09 Å². The highest BCUT2D eigenvalue weighted by Crippen LogP contribution is 2.30. The summed E-state index contributed by atoms with van der Waals surface area (Å²) in [6.07, 6.45) is 7.19. The van der Waals surface area contributed by atoms with Crippen LogP contribution in [-0.4, -0.2) is 28.6 Å². The van der Waals surface area contributed by atoms with Crippen LogP contribution in [0.2, 0.25) is 0 Å². The molecule has 1 amide bonds. The van der Waals surface area contributed by atoms with Crippen LogP contribution in [-0.2, 0) is 4.84 Å². The zero-order valence-corrected chi connectivity index (χ0v) is 10.9. The number of hydrogen-bond acceptors (Lipinski definition) is 3. The molecule has 5 nitrogen and oxygen atoms in total. The number of carboxylic acid groups (broad SMARTS) is 1. The van der Waals surface area contributed by atoms with Crippen LogP contribution in [0.1, 0.15) is 58.3 Å². The molecule has 2 saturated carbocycles. The fraction of sp³-hybridized carbons (Fsp3) is 0.846. The molecule has 0 heterocycles. The van der Waals surface area contributed by atoms with E-state index in [9.17, 15) is 4.79 Å². The van der Waals surface area contributed by atoms with Crippen molar-refractivity contribution in [2.24, 2.45) is 5.16 Å². The third kappa shape index (κ3) is 3.62. The predicted octanol–water partition coefficient (Wildman–Crippen LogP) is 2.90. The topological polar surface area (TPSA) is 70.9 Å². The Balaban J connectivity index is 1.76. The Kier molecular flexibility index (Phi) is 4.09. The summed E-state index contributed by atoms with van der Waals surface area (Å²) in [5.74, 6) is 0. The highest BCUT2D eigenvalue weighted by molar-refractivity contribution is 5.85. The van der Waals surface area contributed by atoms with Crippen molar-refractivity contribution in [3.8, 4) is 0 Å². The molecule has 0 aromatic carbocycles. The van der Waals surface area contributed by atoms with Gasteiger partial charge in [-0.1, -0.05) is 5.16 Å². The van der Waals surface area contributed by atoms with Crippen molar-refractivity contribution >= 4 is 11.8 Å². The second kappa shape index (κ2) is 5.59. The van der Waals surface area contributed by atoms with Crippen molar-refractivity contribution in [2.75, 3.05) is 0 Å². The van der Waals surface area contributed by atoms with Crippen LogP contribution < -0.4 is 5.32 Å². The van der Waals surface area contributed by atoms with Crippen LogP contribution in [0, 0.1) is 0 Å². The van der Waals surface area contributed by atoms with Gasteiger partial charge in [-0.05, 0) is 58.3 Å². The lowest BCUT2D eigenvalue weighted by Crippen LogP contribution is -2.48. The summed E-state index contributed by atoms with van der Waals surface area (Å²) in [5, 5.41) is 15.6. The molecule has 18 heavy (non-hydrogen) atoms. The van der Waals surface area contributed by atoms with Crippen molar-refractivity contribution in [1.29, 1.82) is 0 Å². The van der Waals surface area contributed by atoms with Crippen LogP contribution in [0.3, 0.4) is 0 Å². The first kappa shape index (κ1) is 13.2. The molecule has 0 saturated heterocycles. The van der Waals surface area contributed by atoms with E-state index in [1.165, 1.54) is 18.6 Å². The van der Waals surface area contributed by atoms with Gasteiger partial charge in [0.05, 0.1) is 5.71 Å². The molecule has 5 heteroatoms. The minimum atomic E-state index is -0.942. The van der Waals surface area contributed by atoms with Crippen LogP contribution >= 0.6 is 0 Å². The SMILES string of the molecule is CC1(NC(=O)O)CCC(ON=C2CCCC2)CC1. The quantitative estimate of drug-likeness (QED) is 0.761. The lowest BCUT2D eigenvalue weighted by atomic mass is 9.82. The Labute approximate surface area is 108 Å². The molecule has 0 atom stereocenters. The zero-order chi connectivity index (χ0) is 13.0. The first-order chi connectivity index (χ1) is 8.57. The molecular weight excluding hydrogens is 232 g/mol. The molecule has 0 bridgehead atoms. The van der Waals surface area contributed by atoms with Gasteiger partial charge in [0.2, 0.25) is 0 Å². The molecule has 2 rings (SSSR count). The Hall–Kier alpha value is -1.26. The maximum absolute atomic E-state index is 10.7. The fourth-order valence-corrected chi connectivity index (χ4v) is 2.74. The summed E-state index contributed by atoms with van der Waals surface area (Å²) in [6.45, 7) is 1.96. The van der Waals surface area contributed by atoms with Gasteiger partial charge in [0, 0.05) is 5.54 Å². The number of carbonyl (C=O) groups is 1. The van der Waals surface area contributed by atoms with E-state index < -0.39 is 6.09 Å². The molecule has 102 valence electrons. The minimum Gasteiger partial charge on any atom is -0.465 e. The molecule has 0 spiro atoms. The van der Waals surface area contributed by atoms with E-state index in [0.29, 0.717) is 0 Å². The van der Waals surface area contributed by atoms with E-state index in [2.05, 4.69) is 10.5 Å². The minimum absolute atomic E-state index is 0.154. The molecule has 0 radical (unpaired) electrons. The van der Waals surface area contributed by atoms with Gasteiger partial charge in [0.15, 0.2) is 0 Å². The van der Waals surface area contributed by atoms with Gasteiger partial charge in [-0.3, -0.25) is 0 Å². The first-order valence-electron chi connectivity index (χ1n) is 6.80. The molecule has 2 fully saturated rings. The standard InChI is InChI=1S/C13H22N2O3/c1-13(14-12(16)17)8-6-11(7-9-13)18-15-10-4-2-3-5-10/h11,14H,2-9H2,1H3,(H,16,17).